The topological polar surface area (TPSA) is 58.4 Å². The van der Waals surface area contributed by atoms with E-state index in [0.717, 1.165) is 26.1 Å². The van der Waals surface area contributed by atoms with Crippen molar-refractivity contribution in [2.24, 2.45) is 17.1 Å². The fourth-order valence-electron chi connectivity index (χ4n) is 1.93. The Hall–Kier alpha value is -0.610. The Bertz CT molecular complexity index is 264. The molecule has 0 fully saturated rings. The van der Waals surface area contributed by atoms with Gasteiger partial charge in [-0.05, 0) is 37.8 Å². The second kappa shape index (κ2) is 8.54. The van der Waals surface area contributed by atoms with Gasteiger partial charge in [-0.2, -0.15) is 0 Å². The van der Waals surface area contributed by atoms with Gasteiger partial charge in [-0.15, -0.1) is 0 Å². The Balaban J connectivity index is 4.55. The second-order valence-electron chi connectivity index (χ2n) is 6.65. The molecule has 3 N–H and O–H groups in total. The lowest BCUT2D eigenvalue weighted by Gasteiger charge is -2.35. The molecule has 0 aromatic heterocycles. The molecular weight excluding hydrogens is 238 g/mol. The van der Waals surface area contributed by atoms with Crippen LogP contribution in [0.4, 0.5) is 0 Å². The van der Waals surface area contributed by atoms with Crippen LogP contribution in [0.25, 0.3) is 0 Å². The quantitative estimate of drug-likeness (QED) is 0.673. The molecule has 0 radical (unpaired) electrons. The number of hydrogen-bond donors (Lipinski definition) is 2. The Morgan fingerprint density at radius 3 is 2.32 bits per heavy atom. The van der Waals surface area contributed by atoms with E-state index in [-0.39, 0.29) is 17.4 Å². The van der Waals surface area contributed by atoms with Gasteiger partial charge in [0.2, 0.25) is 5.91 Å². The molecule has 1 atom stereocenters. The van der Waals surface area contributed by atoms with Gasteiger partial charge >= 0.3 is 0 Å². The predicted molar refractivity (Wildman–Crippen MR) is 82.0 cm³/mol. The fourth-order valence-corrected chi connectivity index (χ4v) is 1.93. The lowest BCUT2D eigenvalue weighted by molar-refractivity contribution is -0.126. The maximum atomic E-state index is 12.2. The second-order valence-corrected chi connectivity index (χ2v) is 6.65. The number of amides is 1. The smallest absolute Gasteiger partial charge is 0.237 e. The molecule has 0 aliphatic carbocycles. The Morgan fingerprint density at radius 2 is 1.89 bits per heavy atom. The van der Waals surface area contributed by atoms with Gasteiger partial charge < -0.3 is 11.1 Å². The molecule has 1 unspecified atom stereocenters. The van der Waals surface area contributed by atoms with Crippen molar-refractivity contribution in [3.05, 3.63) is 0 Å². The number of nitrogens with one attached hydrogen (secondary N) is 1. The van der Waals surface area contributed by atoms with E-state index in [4.69, 9.17) is 5.73 Å². The molecule has 0 aromatic rings. The first kappa shape index (κ1) is 18.4. The summed E-state index contributed by atoms with van der Waals surface area (Å²) in [5, 5.41) is 3.01. The SMILES string of the molecule is CCCN(CC(C)(C)CN)C(C)C(=O)NCC(C)C. The van der Waals surface area contributed by atoms with E-state index in [1.54, 1.807) is 0 Å². The Kier molecular flexibility index (Phi) is 8.26. The number of nitrogens with two attached hydrogens (primary N) is 1. The highest BCUT2D eigenvalue weighted by Crippen LogP contribution is 2.17. The summed E-state index contributed by atoms with van der Waals surface area (Å²) in [7, 11) is 0. The minimum absolute atomic E-state index is 0.0434. The van der Waals surface area contributed by atoms with Crippen LogP contribution in [0.2, 0.25) is 0 Å². The molecule has 0 bridgehead atoms. The highest BCUT2D eigenvalue weighted by atomic mass is 16.2. The van der Waals surface area contributed by atoms with Crippen LogP contribution in [-0.2, 0) is 4.79 Å². The number of nitrogens with zero attached hydrogens (tertiary/aromatic N) is 1. The van der Waals surface area contributed by atoms with Gasteiger partial charge in [-0.25, -0.2) is 0 Å². The monoisotopic (exact) mass is 271 g/mol. The number of carbonyl (C=O) groups excluding carboxylic acids is 1. The van der Waals surface area contributed by atoms with Crippen LogP contribution in [0.5, 0.6) is 0 Å². The van der Waals surface area contributed by atoms with E-state index in [1.165, 1.54) is 0 Å². The normalized spacial score (nSPS) is 13.9. The zero-order valence-corrected chi connectivity index (χ0v) is 13.6. The molecule has 114 valence electrons. The van der Waals surface area contributed by atoms with Crippen LogP contribution in [0, 0.1) is 11.3 Å². The van der Waals surface area contributed by atoms with Gasteiger partial charge in [0.25, 0.3) is 0 Å². The number of rotatable bonds is 9. The van der Waals surface area contributed by atoms with E-state index in [0.29, 0.717) is 12.5 Å². The summed E-state index contributed by atoms with van der Waals surface area (Å²) in [6, 6.07) is -0.0930. The molecule has 0 saturated carbocycles. The molecule has 4 nitrogen and oxygen atoms in total. The van der Waals surface area contributed by atoms with Crippen LogP contribution >= 0.6 is 0 Å². The first-order valence-electron chi connectivity index (χ1n) is 7.45. The van der Waals surface area contributed by atoms with Crippen molar-refractivity contribution in [3.63, 3.8) is 0 Å². The number of hydrogen-bond acceptors (Lipinski definition) is 3. The number of carbonyl (C=O) groups is 1. The molecule has 19 heavy (non-hydrogen) atoms. The van der Waals surface area contributed by atoms with E-state index < -0.39 is 0 Å². The van der Waals surface area contributed by atoms with Crippen molar-refractivity contribution in [1.29, 1.82) is 0 Å². The third-order valence-corrected chi connectivity index (χ3v) is 3.31. The molecular formula is C15H33N3O. The highest BCUT2D eigenvalue weighted by molar-refractivity contribution is 5.81. The Morgan fingerprint density at radius 1 is 1.32 bits per heavy atom. The molecule has 1 amide bonds. The lowest BCUT2D eigenvalue weighted by atomic mass is 9.92. The molecule has 0 aliphatic rings. The third kappa shape index (κ3) is 7.53. The molecule has 0 aromatic carbocycles. The van der Waals surface area contributed by atoms with Crippen LogP contribution in [0.15, 0.2) is 0 Å². The van der Waals surface area contributed by atoms with Crippen LogP contribution in [0.1, 0.15) is 48.0 Å². The standard InChI is InChI=1S/C15H33N3O/c1-7-8-18(11-15(5,6)10-16)13(4)14(19)17-9-12(2)3/h12-13H,7-11,16H2,1-6H3,(H,17,19). The van der Waals surface area contributed by atoms with Crippen molar-refractivity contribution in [2.45, 2.75) is 54.0 Å². The van der Waals surface area contributed by atoms with E-state index in [2.05, 4.69) is 44.8 Å². The van der Waals surface area contributed by atoms with Gasteiger partial charge in [0.15, 0.2) is 0 Å². The Labute approximate surface area is 119 Å². The van der Waals surface area contributed by atoms with Crippen LogP contribution in [0.3, 0.4) is 0 Å². The first-order chi connectivity index (χ1) is 8.73. The van der Waals surface area contributed by atoms with Gasteiger partial charge in [0.05, 0.1) is 6.04 Å². The molecule has 0 rings (SSSR count). The van der Waals surface area contributed by atoms with Gasteiger partial charge in [-0.3, -0.25) is 9.69 Å². The van der Waals surface area contributed by atoms with Gasteiger partial charge in [0.1, 0.15) is 0 Å². The summed E-state index contributed by atoms with van der Waals surface area (Å²) >= 11 is 0. The predicted octanol–water partition coefficient (Wildman–Crippen LogP) is 1.84. The summed E-state index contributed by atoms with van der Waals surface area (Å²) in [4.78, 5) is 14.4. The largest absolute Gasteiger partial charge is 0.354 e. The van der Waals surface area contributed by atoms with Crippen LogP contribution < -0.4 is 11.1 Å². The molecule has 4 heteroatoms. The van der Waals surface area contributed by atoms with E-state index in [9.17, 15) is 4.79 Å². The van der Waals surface area contributed by atoms with Crippen molar-refractivity contribution in [1.82, 2.24) is 10.2 Å². The van der Waals surface area contributed by atoms with Gasteiger partial charge in [0, 0.05) is 13.1 Å². The van der Waals surface area contributed by atoms with Crippen molar-refractivity contribution in [2.75, 3.05) is 26.2 Å². The summed E-state index contributed by atoms with van der Waals surface area (Å²) in [5.41, 5.74) is 5.84. The summed E-state index contributed by atoms with van der Waals surface area (Å²) < 4.78 is 0. The van der Waals surface area contributed by atoms with Crippen molar-refractivity contribution in [3.8, 4) is 0 Å². The first-order valence-corrected chi connectivity index (χ1v) is 7.45. The van der Waals surface area contributed by atoms with Crippen molar-refractivity contribution < 1.29 is 4.79 Å². The summed E-state index contributed by atoms with van der Waals surface area (Å²) in [6.07, 6.45) is 1.04. The summed E-state index contributed by atoms with van der Waals surface area (Å²) in [5.74, 6) is 0.603. The van der Waals surface area contributed by atoms with E-state index >= 15 is 0 Å². The minimum Gasteiger partial charge on any atom is -0.354 e. The third-order valence-electron chi connectivity index (χ3n) is 3.31. The molecule has 0 aliphatic heterocycles. The van der Waals surface area contributed by atoms with E-state index in [1.807, 2.05) is 6.92 Å². The zero-order valence-electron chi connectivity index (χ0n) is 13.6. The molecule has 0 saturated heterocycles. The summed E-state index contributed by atoms with van der Waals surface area (Å²) in [6.45, 7) is 15.8. The highest BCUT2D eigenvalue weighted by Gasteiger charge is 2.26. The average molecular weight is 271 g/mol. The molecule has 0 heterocycles. The maximum Gasteiger partial charge on any atom is 0.237 e. The fraction of sp³-hybridized carbons (Fsp3) is 0.933. The van der Waals surface area contributed by atoms with Crippen molar-refractivity contribution >= 4 is 5.91 Å². The minimum atomic E-state index is -0.0930. The molecule has 0 spiro atoms. The maximum absolute atomic E-state index is 12.2. The average Bonchev–Trinajstić information content (AvgIpc) is 2.34. The lowest BCUT2D eigenvalue weighted by Crippen LogP contribution is -2.50. The zero-order chi connectivity index (χ0) is 15.1. The van der Waals surface area contributed by atoms with Gasteiger partial charge in [-0.1, -0.05) is 34.6 Å². The van der Waals surface area contributed by atoms with Crippen LogP contribution in [-0.4, -0.2) is 43.0 Å².